The number of aromatic nitrogens is 3. The summed E-state index contributed by atoms with van der Waals surface area (Å²) in [7, 11) is 0. The monoisotopic (exact) mass is 880 g/mol. The maximum absolute atomic E-state index is 11.9. The Bertz CT molecular complexity index is 2980. The van der Waals surface area contributed by atoms with E-state index in [9.17, 15) is 39.6 Å². The minimum Gasteiger partial charge on any atom is -0.657 e. The molecule has 4 heterocycles. The van der Waals surface area contributed by atoms with Crippen LogP contribution in [0.15, 0.2) is 121 Å². The number of hydrogen-bond acceptors (Lipinski definition) is 6. The molecule has 4 aromatic carbocycles. The van der Waals surface area contributed by atoms with Crippen LogP contribution in [-0.2, 0) is 20.4 Å². The van der Waals surface area contributed by atoms with Gasteiger partial charge in [0.15, 0.2) is 0 Å². The van der Waals surface area contributed by atoms with Crippen molar-refractivity contribution in [1.82, 2.24) is 15.0 Å². The SMILES string of the molecule is O=C(O)c1ccc(-c2c3nc(c(-c4ccc(C(=O)O)cc4)c4ccc([n-]4)c(-c4ccc(C(=O)O)cc4)c4nc(c(-c5ccc(C(=O)O)cc5)c5ccc2=5)C=C4)C=C3)cc1.[Pd]. The van der Waals surface area contributed by atoms with Crippen LogP contribution in [0, 0.1) is 10.4 Å². The van der Waals surface area contributed by atoms with Crippen LogP contribution in [0.5, 0.6) is 0 Å². The van der Waals surface area contributed by atoms with Crippen molar-refractivity contribution in [2.24, 2.45) is 0 Å². The summed E-state index contributed by atoms with van der Waals surface area (Å²) in [6.07, 6.45) is 7.46. The predicted molar refractivity (Wildman–Crippen MR) is 222 cm³/mol. The fourth-order valence-corrected chi connectivity index (χ4v) is 7.46. The van der Waals surface area contributed by atoms with Crippen LogP contribution in [0.1, 0.15) is 64.2 Å². The third-order valence-corrected chi connectivity index (χ3v) is 10.4. The molecular weight excluding hydrogens is 853 g/mol. The summed E-state index contributed by atoms with van der Waals surface area (Å²) >= 11 is 0. The fraction of sp³-hybridized carbons (Fsp3) is 0. The number of hydrogen-bond donors (Lipinski definition) is 4. The molecule has 6 bridgehead atoms. The van der Waals surface area contributed by atoms with Crippen molar-refractivity contribution < 1.29 is 60.0 Å². The molecule has 12 heteroatoms. The molecule has 294 valence electrons. The van der Waals surface area contributed by atoms with Gasteiger partial charge < -0.3 is 25.4 Å². The summed E-state index contributed by atoms with van der Waals surface area (Å²) in [5.74, 6) is -4.27. The third kappa shape index (κ3) is 6.96. The molecule has 4 aliphatic rings. The van der Waals surface area contributed by atoms with Gasteiger partial charge in [-0.25, -0.2) is 29.1 Å². The van der Waals surface area contributed by atoms with E-state index >= 15 is 0 Å². The average molecular weight is 881 g/mol. The van der Waals surface area contributed by atoms with Crippen molar-refractivity contribution in [2.45, 2.75) is 0 Å². The summed E-state index contributed by atoms with van der Waals surface area (Å²) in [6, 6.07) is 33.5. The number of carboxylic acids is 4. The van der Waals surface area contributed by atoms with E-state index in [2.05, 4.69) is 0 Å². The van der Waals surface area contributed by atoms with E-state index in [-0.39, 0.29) is 42.7 Å². The molecule has 60 heavy (non-hydrogen) atoms. The van der Waals surface area contributed by atoms with Gasteiger partial charge in [0.05, 0.1) is 45.0 Å². The molecule has 0 radical (unpaired) electrons. The number of carbonyl (C=O) groups is 4. The van der Waals surface area contributed by atoms with Crippen molar-refractivity contribution in [3.05, 3.63) is 177 Å². The number of aromatic carboxylic acids is 4. The standard InChI is InChI=1S/C48H29N3O8.Pd/c52-45(53)29-9-1-25(2-10-29)41-33-17-18-34(33)42(26-3-11-30(12-4-26)46(54)55)36-20-22-38(50-36)44(28-7-15-32(16-8-28)48(58)59)40-24-23-39(51-40)43(37-21-19-35(41)49-37)27-5-13-31(14-6-27)47(56)57;/h1-24H,(H5,49,50,51,52,53,54,55,56,57,58,59);/p-1. The zero-order valence-electron chi connectivity index (χ0n) is 30.9. The molecular formula is C48H28N3O8Pd-. The van der Waals surface area contributed by atoms with Crippen molar-refractivity contribution in [3.63, 3.8) is 0 Å². The summed E-state index contributed by atoms with van der Waals surface area (Å²) in [5.41, 5.74) is 9.11. The Morgan fingerprint density at radius 1 is 0.350 bits per heavy atom. The van der Waals surface area contributed by atoms with Crippen molar-refractivity contribution >= 4 is 59.2 Å². The van der Waals surface area contributed by atoms with Crippen LogP contribution in [0.25, 0.3) is 79.8 Å². The van der Waals surface area contributed by atoms with E-state index in [0.29, 0.717) is 78.3 Å². The first-order valence-electron chi connectivity index (χ1n) is 18.2. The molecule has 4 N–H and O–H groups in total. The molecule has 0 saturated heterocycles. The Hall–Kier alpha value is -7.78. The predicted octanol–water partition coefficient (Wildman–Crippen LogP) is 9.42. The molecule has 1 aliphatic carbocycles. The van der Waals surface area contributed by atoms with Crippen LogP contribution >= 0.6 is 0 Å². The second-order valence-corrected chi connectivity index (χ2v) is 13.8. The van der Waals surface area contributed by atoms with Gasteiger partial charge >= 0.3 is 23.9 Å². The minimum absolute atomic E-state index is 0. The van der Waals surface area contributed by atoms with Crippen LogP contribution in [0.3, 0.4) is 0 Å². The zero-order valence-corrected chi connectivity index (χ0v) is 32.5. The second-order valence-electron chi connectivity index (χ2n) is 13.8. The van der Waals surface area contributed by atoms with Gasteiger partial charge in [-0.3, -0.25) is 0 Å². The average Bonchev–Trinajstić information content (AvgIpc) is 4.02. The van der Waals surface area contributed by atoms with Gasteiger partial charge in [0.25, 0.3) is 0 Å². The molecule has 0 amide bonds. The van der Waals surface area contributed by atoms with E-state index in [1.807, 2.05) is 48.6 Å². The summed E-state index contributed by atoms with van der Waals surface area (Å²) < 4.78 is 0. The van der Waals surface area contributed by atoms with E-state index < -0.39 is 23.9 Å². The van der Waals surface area contributed by atoms with Crippen molar-refractivity contribution in [3.8, 4) is 44.5 Å². The molecule has 0 spiro atoms. The second kappa shape index (κ2) is 15.5. The van der Waals surface area contributed by atoms with E-state index in [4.69, 9.17) is 15.0 Å². The normalized spacial score (nSPS) is 11.6. The number of nitrogens with zero attached hydrogens (tertiary/aromatic N) is 3. The Morgan fingerprint density at radius 3 is 0.850 bits per heavy atom. The van der Waals surface area contributed by atoms with E-state index in [1.165, 1.54) is 48.5 Å². The largest absolute Gasteiger partial charge is 0.657 e. The molecule has 0 unspecified atom stereocenters. The van der Waals surface area contributed by atoms with Crippen LogP contribution in [-0.4, -0.2) is 54.3 Å². The summed E-state index contributed by atoms with van der Waals surface area (Å²) in [5, 5.41) is 40.3. The van der Waals surface area contributed by atoms with Crippen LogP contribution in [0.4, 0.5) is 0 Å². The molecule has 0 fully saturated rings. The maximum atomic E-state index is 11.9. The Labute approximate surface area is 354 Å². The minimum atomic E-state index is -1.07. The molecule has 9 rings (SSSR count). The van der Waals surface area contributed by atoms with Crippen LogP contribution in [0.2, 0.25) is 0 Å². The quantitative estimate of drug-likeness (QED) is 0.106. The van der Waals surface area contributed by atoms with Crippen molar-refractivity contribution in [2.75, 3.05) is 0 Å². The molecule has 5 aromatic rings. The molecule has 0 saturated carbocycles. The molecule has 1 aromatic heterocycles. The van der Waals surface area contributed by atoms with E-state index in [1.54, 1.807) is 48.5 Å². The maximum Gasteiger partial charge on any atom is 0.335 e. The number of benzene rings is 4. The zero-order chi connectivity index (χ0) is 40.9. The Kier molecular flexibility index (Phi) is 10.1. The number of fused-ring (bicyclic) bond motifs is 6. The van der Waals surface area contributed by atoms with E-state index in [0.717, 1.165) is 10.4 Å². The molecule has 0 atom stereocenters. The Balaban J connectivity index is 0.00000499. The first-order valence-corrected chi connectivity index (χ1v) is 18.2. The van der Waals surface area contributed by atoms with Gasteiger partial charge in [0.2, 0.25) is 0 Å². The first-order chi connectivity index (χ1) is 28.5. The summed E-state index contributed by atoms with van der Waals surface area (Å²) in [6.45, 7) is 0. The number of rotatable bonds is 8. The number of carboxylic acid groups (broad SMARTS) is 4. The third-order valence-electron chi connectivity index (χ3n) is 10.4. The van der Waals surface area contributed by atoms with Gasteiger partial charge in [-0.1, -0.05) is 72.8 Å². The van der Waals surface area contributed by atoms with Gasteiger partial charge in [-0.15, -0.1) is 11.0 Å². The van der Waals surface area contributed by atoms with Crippen LogP contribution < -0.4 is 4.98 Å². The first kappa shape index (κ1) is 39.1. The van der Waals surface area contributed by atoms with Gasteiger partial charge in [0.1, 0.15) is 0 Å². The topological polar surface area (TPSA) is 189 Å². The Morgan fingerprint density at radius 2 is 0.600 bits per heavy atom. The summed E-state index contributed by atoms with van der Waals surface area (Å²) in [4.78, 5) is 62.9. The molecule has 11 nitrogen and oxygen atoms in total. The van der Waals surface area contributed by atoms with Crippen molar-refractivity contribution in [1.29, 1.82) is 0 Å². The molecule has 3 aliphatic heterocycles. The van der Waals surface area contributed by atoms with Gasteiger partial charge in [-0.2, -0.15) is 0 Å². The van der Waals surface area contributed by atoms with Gasteiger partial charge in [0, 0.05) is 31.5 Å². The fourth-order valence-electron chi connectivity index (χ4n) is 7.46. The van der Waals surface area contributed by atoms with Gasteiger partial charge in [-0.05, 0) is 117 Å². The smallest absolute Gasteiger partial charge is 0.335 e.